The van der Waals surface area contributed by atoms with Crippen LogP contribution in [0.25, 0.3) is 0 Å². The standard InChI is InChI=1S/C14H24N2O3/c1-10-5-2-3-7-12(10)15-14(19)16-8-4-6-11(9-16)13(17)18/h10-12H,2-9H2,1H3,(H,15,19)(H,17,18). The van der Waals surface area contributed by atoms with Gasteiger partial charge in [-0.1, -0.05) is 19.8 Å². The summed E-state index contributed by atoms with van der Waals surface area (Å²) in [5, 5.41) is 12.1. The average molecular weight is 268 g/mol. The lowest BCUT2D eigenvalue weighted by Gasteiger charge is -2.35. The van der Waals surface area contributed by atoms with E-state index in [1.54, 1.807) is 4.90 Å². The van der Waals surface area contributed by atoms with Crippen molar-refractivity contribution in [1.29, 1.82) is 0 Å². The van der Waals surface area contributed by atoms with Crippen LogP contribution in [0.3, 0.4) is 0 Å². The van der Waals surface area contributed by atoms with Gasteiger partial charge in [-0.05, 0) is 31.6 Å². The lowest BCUT2D eigenvalue weighted by atomic mass is 9.86. The SMILES string of the molecule is CC1CCCCC1NC(=O)N1CCCC(C(=O)O)C1. The van der Waals surface area contributed by atoms with Crippen molar-refractivity contribution < 1.29 is 14.7 Å². The summed E-state index contributed by atoms with van der Waals surface area (Å²) in [5.74, 6) is -0.662. The summed E-state index contributed by atoms with van der Waals surface area (Å²) in [4.78, 5) is 24.9. The molecule has 1 aliphatic heterocycles. The highest BCUT2D eigenvalue weighted by Gasteiger charge is 2.30. The van der Waals surface area contributed by atoms with Gasteiger partial charge in [0.1, 0.15) is 0 Å². The van der Waals surface area contributed by atoms with Gasteiger partial charge in [-0.3, -0.25) is 4.79 Å². The van der Waals surface area contributed by atoms with Gasteiger partial charge in [0.05, 0.1) is 5.92 Å². The van der Waals surface area contributed by atoms with E-state index in [1.165, 1.54) is 19.3 Å². The fourth-order valence-electron chi connectivity index (χ4n) is 3.14. The number of rotatable bonds is 2. The number of carboxylic acid groups (broad SMARTS) is 1. The first kappa shape index (κ1) is 14.2. The first-order valence-corrected chi connectivity index (χ1v) is 7.36. The molecule has 2 aliphatic rings. The Morgan fingerprint density at radius 3 is 2.58 bits per heavy atom. The van der Waals surface area contributed by atoms with Crippen molar-refractivity contribution >= 4 is 12.0 Å². The van der Waals surface area contributed by atoms with Crippen LogP contribution in [-0.4, -0.2) is 41.1 Å². The largest absolute Gasteiger partial charge is 0.481 e. The first-order valence-electron chi connectivity index (χ1n) is 7.36. The van der Waals surface area contributed by atoms with Crippen LogP contribution in [0, 0.1) is 11.8 Å². The Kier molecular flexibility index (Phi) is 4.66. The molecule has 1 heterocycles. The van der Waals surface area contributed by atoms with E-state index in [4.69, 9.17) is 5.11 Å². The first-order chi connectivity index (χ1) is 9.08. The normalized spacial score (nSPS) is 31.8. The zero-order chi connectivity index (χ0) is 13.8. The maximum atomic E-state index is 12.2. The van der Waals surface area contributed by atoms with Crippen molar-refractivity contribution in [3.8, 4) is 0 Å². The molecular weight excluding hydrogens is 244 g/mol. The predicted octanol–water partition coefficient (Wildman–Crippen LogP) is 2.07. The van der Waals surface area contributed by atoms with Crippen molar-refractivity contribution in [2.24, 2.45) is 11.8 Å². The van der Waals surface area contributed by atoms with Crippen LogP contribution in [-0.2, 0) is 4.79 Å². The Morgan fingerprint density at radius 1 is 1.16 bits per heavy atom. The second kappa shape index (κ2) is 6.26. The molecule has 0 aromatic rings. The number of likely N-dealkylation sites (tertiary alicyclic amines) is 1. The van der Waals surface area contributed by atoms with Crippen LogP contribution in [0.5, 0.6) is 0 Å². The zero-order valence-electron chi connectivity index (χ0n) is 11.6. The van der Waals surface area contributed by atoms with Crippen LogP contribution in [0.1, 0.15) is 45.4 Å². The number of carbonyl (C=O) groups excluding carboxylic acids is 1. The number of hydrogen-bond donors (Lipinski definition) is 2. The molecule has 3 atom stereocenters. The number of hydrogen-bond acceptors (Lipinski definition) is 2. The van der Waals surface area contributed by atoms with Crippen molar-refractivity contribution in [2.45, 2.75) is 51.5 Å². The van der Waals surface area contributed by atoms with Gasteiger partial charge in [-0.25, -0.2) is 4.79 Å². The summed E-state index contributed by atoms with van der Waals surface area (Å²) in [5.41, 5.74) is 0. The van der Waals surface area contributed by atoms with Crippen LogP contribution in [0.4, 0.5) is 4.79 Å². The third-order valence-electron chi connectivity index (χ3n) is 4.48. The summed E-state index contributed by atoms with van der Waals surface area (Å²) in [6.45, 7) is 3.21. The minimum Gasteiger partial charge on any atom is -0.481 e. The van der Waals surface area contributed by atoms with Gasteiger partial charge in [0, 0.05) is 19.1 Å². The van der Waals surface area contributed by atoms with E-state index in [0.717, 1.165) is 12.8 Å². The average Bonchev–Trinajstić information content (AvgIpc) is 2.41. The third kappa shape index (κ3) is 3.61. The molecule has 1 aliphatic carbocycles. The molecule has 0 bridgehead atoms. The molecule has 19 heavy (non-hydrogen) atoms. The quantitative estimate of drug-likeness (QED) is 0.805. The molecule has 5 nitrogen and oxygen atoms in total. The topological polar surface area (TPSA) is 69.6 Å². The second-order valence-electron chi connectivity index (χ2n) is 5.94. The molecule has 3 unspecified atom stereocenters. The minimum atomic E-state index is -0.788. The number of aliphatic carboxylic acids is 1. The smallest absolute Gasteiger partial charge is 0.317 e. The molecule has 5 heteroatoms. The highest BCUT2D eigenvalue weighted by molar-refractivity contribution is 5.76. The number of carbonyl (C=O) groups is 2. The number of nitrogens with zero attached hydrogens (tertiary/aromatic N) is 1. The lowest BCUT2D eigenvalue weighted by molar-refractivity contribution is -0.143. The van der Waals surface area contributed by atoms with E-state index < -0.39 is 11.9 Å². The molecule has 2 amide bonds. The van der Waals surface area contributed by atoms with Gasteiger partial charge < -0.3 is 15.3 Å². The molecule has 1 saturated heterocycles. The predicted molar refractivity (Wildman–Crippen MR) is 71.9 cm³/mol. The van der Waals surface area contributed by atoms with Crippen LogP contribution in [0.15, 0.2) is 0 Å². The Labute approximate surface area is 114 Å². The van der Waals surface area contributed by atoms with E-state index in [0.29, 0.717) is 25.4 Å². The third-order valence-corrected chi connectivity index (χ3v) is 4.48. The molecule has 0 aromatic carbocycles. The Hall–Kier alpha value is -1.26. The van der Waals surface area contributed by atoms with Gasteiger partial charge >= 0.3 is 12.0 Å². The highest BCUT2D eigenvalue weighted by Crippen LogP contribution is 2.24. The number of urea groups is 1. The number of nitrogens with one attached hydrogen (secondary N) is 1. The van der Waals surface area contributed by atoms with Crippen LogP contribution < -0.4 is 5.32 Å². The van der Waals surface area contributed by atoms with Crippen molar-refractivity contribution in [2.75, 3.05) is 13.1 Å². The monoisotopic (exact) mass is 268 g/mol. The minimum absolute atomic E-state index is 0.0790. The second-order valence-corrected chi connectivity index (χ2v) is 5.94. The molecule has 0 spiro atoms. The molecule has 0 radical (unpaired) electrons. The van der Waals surface area contributed by atoms with Crippen molar-refractivity contribution in [3.05, 3.63) is 0 Å². The van der Waals surface area contributed by atoms with Gasteiger partial charge in [-0.15, -0.1) is 0 Å². The molecular formula is C14H24N2O3. The molecule has 2 fully saturated rings. The number of piperidine rings is 1. The maximum Gasteiger partial charge on any atom is 0.317 e. The van der Waals surface area contributed by atoms with E-state index >= 15 is 0 Å². The summed E-state index contributed by atoms with van der Waals surface area (Å²) in [6.07, 6.45) is 6.10. The molecule has 108 valence electrons. The number of amides is 2. The van der Waals surface area contributed by atoms with Crippen LogP contribution in [0.2, 0.25) is 0 Å². The zero-order valence-corrected chi connectivity index (χ0v) is 11.6. The fraction of sp³-hybridized carbons (Fsp3) is 0.857. The van der Waals surface area contributed by atoms with Gasteiger partial charge in [-0.2, -0.15) is 0 Å². The molecule has 1 saturated carbocycles. The molecule has 2 rings (SSSR count). The van der Waals surface area contributed by atoms with E-state index in [1.807, 2.05) is 0 Å². The maximum absolute atomic E-state index is 12.2. The fourth-order valence-corrected chi connectivity index (χ4v) is 3.14. The van der Waals surface area contributed by atoms with Crippen molar-refractivity contribution in [3.63, 3.8) is 0 Å². The Bertz CT molecular complexity index is 346. The summed E-state index contributed by atoms with van der Waals surface area (Å²) < 4.78 is 0. The number of carboxylic acids is 1. The molecule has 2 N–H and O–H groups in total. The Morgan fingerprint density at radius 2 is 1.89 bits per heavy atom. The van der Waals surface area contributed by atoms with Gasteiger partial charge in [0.25, 0.3) is 0 Å². The van der Waals surface area contributed by atoms with E-state index in [9.17, 15) is 9.59 Å². The summed E-state index contributed by atoms with van der Waals surface area (Å²) in [6, 6.07) is 0.177. The van der Waals surface area contributed by atoms with E-state index in [2.05, 4.69) is 12.2 Å². The summed E-state index contributed by atoms with van der Waals surface area (Å²) in [7, 11) is 0. The lowest BCUT2D eigenvalue weighted by Crippen LogP contribution is -2.51. The van der Waals surface area contributed by atoms with Crippen LogP contribution >= 0.6 is 0 Å². The molecule has 0 aromatic heterocycles. The van der Waals surface area contributed by atoms with Gasteiger partial charge in [0.15, 0.2) is 0 Å². The van der Waals surface area contributed by atoms with E-state index in [-0.39, 0.29) is 12.1 Å². The highest BCUT2D eigenvalue weighted by atomic mass is 16.4. The van der Waals surface area contributed by atoms with Crippen molar-refractivity contribution in [1.82, 2.24) is 10.2 Å². The summed E-state index contributed by atoms with van der Waals surface area (Å²) >= 11 is 0. The Balaban J connectivity index is 1.86. The van der Waals surface area contributed by atoms with Gasteiger partial charge in [0.2, 0.25) is 0 Å².